The molecule has 1 aromatic heterocycles. The number of pyridine rings is 1. The monoisotopic (exact) mass is 429 g/mol. The van der Waals surface area contributed by atoms with Crippen LogP contribution in [0.4, 0.5) is 8.78 Å². The van der Waals surface area contributed by atoms with E-state index in [0.717, 1.165) is 22.3 Å². The van der Waals surface area contributed by atoms with Gasteiger partial charge in [0.15, 0.2) is 5.54 Å². The molecule has 4 rings (SSSR count). The molecule has 2 heterocycles. The van der Waals surface area contributed by atoms with Crippen molar-refractivity contribution in [2.24, 2.45) is 10.7 Å². The van der Waals surface area contributed by atoms with E-state index in [-0.39, 0.29) is 18.4 Å². The second kappa shape index (κ2) is 7.91. The number of rotatable bonds is 5. The second-order valence-electron chi connectivity index (χ2n) is 6.93. The van der Waals surface area contributed by atoms with Gasteiger partial charge in [-0.15, -0.1) is 0 Å². The first kappa shape index (κ1) is 20.1. The zero-order chi connectivity index (χ0) is 21.3. The third-order valence-electron chi connectivity index (χ3n) is 4.98. The van der Waals surface area contributed by atoms with Crippen molar-refractivity contribution in [3.8, 4) is 16.9 Å². The van der Waals surface area contributed by atoms with Gasteiger partial charge >= 0.3 is 6.61 Å². The topological polar surface area (TPSA) is 69.7 Å². The Labute approximate surface area is 177 Å². The van der Waals surface area contributed by atoms with Crippen LogP contribution in [0, 0.1) is 6.92 Å². The fraction of sp³-hybridized carbons (Fsp3) is 0.182. The van der Waals surface area contributed by atoms with Crippen LogP contribution in [0.25, 0.3) is 11.1 Å². The van der Waals surface area contributed by atoms with E-state index in [9.17, 15) is 8.78 Å². The maximum Gasteiger partial charge on any atom is 0.387 e. The van der Waals surface area contributed by atoms with E-state index in [4.69, 9.17) is 22.1 Å². The third kappa shape index (κ3) is 3.80. The van der Waals surface area contributed by atoms with Gasteiger partial charge in [0.25, 0.3) is 6.02 Å². The Morgan fingerprint density at radius 3 is 2.57 bits per heavy atom. The van der Waals surface area contributed by atoms with Crippen LogP contribution >= 0.6 is 11.6 Å². The van der Waals surface area contributed by atoms with Crippen LogP contribution in [-0.2, 0) is 10.3 Å². The van der Waals surface area contributed by atoms with Crippen molar-refractivity contribution in [1.82, 2.24) is 4.98 Å². The van der Waals surface area contributed by atoms with E-state index in [2.05, 4.69) is 14.7 Å². The first-order chi connectivity index (χ1) is 14.4. The highest BCUT2D eigenvalue weighted by molar-refractivity contribution is 6.30. The molecule has 0 aliphatic carbocycles. The zero-order valence-corrected chi connectivity index (χ0v) is 16.7. The minimum atomic E-state index is -2.89. The number of aromatic nitrogens is 1. The summed E-state index contributed by atoms with van der Waals surface area (Å²) in [5, 5.41) is 0.532. The predicted molar refractivity (Wildman–Crippen MR) is 111 cm³/mol. The van der Waals surface area contributed by atoms with Crippen LogP contribution in [0.15, 0.2) is 65.9 Å². The smallest absolute Gasteiger partial charge is 0.387 e. The average Bonchev–Trinajstić information content (AvgIpc) is 3.12. The van der Waals surface area contributed by atoms with Crippen LogP contribution < -0.4 is 10.5 Å². The number of benzene rings is 2. The third-order valence-corrected chi connectivity index (χ3v) is 5.18. The molecule has 2 aromatic carbocycles. The molecule has 8 heteroatoms. The molecule has 0 amide bonds. The molecule has 5 nitrogen and oxygen atoms in total. The summed E-state index contributed by atoms with van der Waals surface area (Å²) in [5.74, 6) is 0.110. The number of aliphatic imine (C=N–C) groups is 1. The van der Waals surface area contributed by atoms with Crippen molar-refractivity contribution in [2.45, 2.75) is 19.1 Å². The molecule has 1 aliphatic heterocycles. The Morgan fingerprint density at radius 2 is 1.90 bits per heavy atom. The van der Waals surface area contributed by atoms with Crippen molar-refractivity contribution in [3.05, 3.63) is 82.6 Å². The van der Waals surface area contributed by atoms with Gasteiger partial charge in [0.1, 0.15) is 12.4 Å². The lowest BCUT2D eigenvalue weighted by atomic mass is 9.82. The Morgan fingerprint density at radius 1 is 1.10 bits per heavy atom. The summed E-state index contributed by atoms with van der Waals surface area (Å²) in [4.78, 5) is 8.73. The summed E-state index contributed by atoms with van der Waals surface area (Å²) in [5.41, 5.74) is 8.85. The first-order valence-electron chi connectivity index (χ1n) is 9.13. The number of amidine groups is 1. The highest BCUT2D eigenvalue weighted by Crippen LogP contribution is 2.40. The quantitative estimate of drug-likeness (QED) is 0.626. The number of nitrogens with two attached hydrogens (primary N) is 1. The van der Waals surface area contributed by atoms with E-state index >= 15 is 0 Å². The molecule has 0 bridgehead atoms. The first-order valence-corrected chi connectivity index (χ1v) is 9.51. The maximum absolute atomic E-state index is 12.6. The molecular formula is C22H18ClF2N3O2. The molecule has 0 radical (unpaired) electrons. The highest BCUT2D eigenvalue weighted by atomic mass is 35.5. The zero-order valence-electron chi connectivity index (χ0n) is 16.0. The number of ether oxygens (including phenoxy) is 2. The average molecular weight is 430 g/mol. The highest BCUT2D eigenvalue weighted by Gasteiger charge is 2.40. The molecule has 0 saturated carbocycles. The molecule has 30 heavy (non-hydrogen) atoms. The molecule has 3 aromatic rings. The van der Waals surface area contributed by atoms with E-state index < -0.39 is 12.2 Å². The van der Waals surface area contributed by atoms with Gasteiger partial charge in [-0.1, -0.05) is 35.9 Å². The van der Waals surface area contributed by atoms with Gasteiger partial charge in [-0.25, -0.2) is 4.99 Å². The van der Waals surface area contributed by atoms with Crippen LogP contribution in [0.3, 0.4) is 0 Å². The summed E-state index contributed by atoms with van der Waals surface area (Å²) in [6, 6.07) is 14.6. The van der Waals surface area contributed by atoms with Crippen LogP contribution in [-0.4, -0.2) is 24.2 Å². The Bertz CT molecular complexity index is 1120. The van der Waals surface area contributed by atoms with E-state index in [1.54, 1.807) is 31.5 Å². The lowest BCUT2D eigenvalue weighted by Gasteiger charge is -2.26. The van der Waals surface area contributed by atoms with E-state index in [1.807, 2.05) is 30.3 Å². The van der Waals surface area contributed by atoms with Crippen LogP contribution in [0.2, 0.25) is 5.02 Å². The normalized spacial score (nSPS) is 18.2. The predicted octanol–water partition coefficient (Wildman–Crippen LogP) is 4.90. The fourth-order valence-electron chi connectivity index (χ4n) is 3.55. The van der Waals surface area contributed by atoms with Crippen LogP contribution in [0.5, 0.6) is 5.75 Å². The van der Waals surface area contributed by atoms with Crippen molar-refractivity contribution < 1.29 is 18.3 Å². The minimum Gasteiger partial charge on any atom is -0.462 e. The molecule has 154 valence electrons. The van der Waals surface area contributed by atoms with Crippen molar-refractivity contribution in [3.63, 3.8) is 0 Å². The molecule has 0 fully saturated rings. The summed E-state index contributed by atoms with van der Waals surface area (Å²) >= 11 is 6.09. The lowest BCUT2D eigenvalue weighted by Crippen LogP contribution is -2.27. The van der Waals surface area contributed by atoms with Gasteiger partial charge < -0.3 is 15.2 Å². The number of hydrogen-bond acceptors (Lipinski definition) is 5. The number of aryl methyl sites for hydroxylation is 1. The molecule has 0 saturated heterocycles. The second-order valence-corrected chi connectivity index (χ2v) is 7.37. The van der Waals surface area contributed by atoms with E-state index in [0.29, 0.717) is 10.6 Å². The van der Waals surface area contributed by atoms with Crippen molar-refractivity contribution in [1.29, 1.82) is 0 Å². The SMILES string of the molecule is Cc1cc(C2(c3cccc(-c4cncc(Cl)c4)c3)COC(N)=N2)ccc1OC(F)F. The molecule has 0 spiro atoms. The maximum atomic E-state index is 12.6. The largest absolute Gasteiger partial charge is 0.462 e. The van der Waals surface area contributed by atoms with Gasteiger partial charge in [-0.3, -0.25) is 4.98 Å². The van der Waals surface area contributed by atoms with Crippen molar-refractivity contribution >= 4 is 17.6 Å². The molecule has 1 atom stereocenters. The van der Waals surface area contributed by atoms with E-state index in [1.165, 1.54) is 6.07 Å². The lowest BCUT2D eigenvalue weighted by molar-refractivity contribution is -0.0503. The summed E-state index contributed by atoms with van der Waals surface area (Å²) < 4.78 is 35.4. The Hall–Kier alpha value is -3.19. The van der Waals surface area contributed by atoms with Crippen molar-refractivity contribution in [2.75, 3.05) is 6.61 Å². The number of hydrogen-bond donors (Lipinski definition) is 1. The molecule has 1 aliphatic rings. The Balaban J connectivity index is 1.81. The molecular weight excluding hydrogens is 412 g/mol. The Kier molecular flexibility index (Phi) is 5.30. The van der Waals surface area contributed by atoms with Crippen LogP contribution in [0.1, 0.15) is 16.7 Å². The van der Waals surface area contributed by atoms with Gasteiger partial charge in [0.2, 0.25) is 0 Å². The standard InChI is InChI=1S/C22H18ClF2N3O2/c1-13-7-17(5-6-19(13)30-20(24)25)22(12-29-21(26)28-22)16-4-2-3-14(8-16)15-9-18(23)11-27-10-15/h2-11,20H,12H2,1H3,(H2,26,28). The molecule has 1 unspecified atom stereocenters. The van der Waals surface area contributed by atoms with Gasteiger partial charge in [0.05, 0.1) is 5.02 Å². The summed E-state index contributed by atoms with van der Waals surface area (Å²) in [6.45, 7) is -1.01. The number of alkyl halides is 2. The number of halogens is 3. The van der Waals surface area contributed by atoms with Gasteiger partial charge in [-0.2, -0.15) is 8.78 Å². The van der Waals surface area contributed by atoms with Gasteiger partial charge in [0, 0.05) is 18.0 Å². The summed E-state index contributed by atoms with van der Waals surface area (Å²) in [7, 11) is 0. The minimum absolute atomic E-state index is 0.0652. The summed E-state index contributed by atoms with van der Waals surface area (Å²) in [6.07, 6.45) is 3.29. The fourth-order valence-corrected chi connectivity index (χ4v) is 3.73. The molecule has 2 N–H and O–H groups in total. The van der Waals surface area contributed by atoms with Gasteiger partial charge in [-0.05, 0) is 53.4 Å². The number of nitrogens with zero attached hydrogens (tertiary/aromatic N) is 2.